The van der Waals surface area contributed by atoms with Crippen LogP contribution in [0.2, 0.25) is 0 Å². The number of H-pyrrole nitrogens is 1. The van der Waals surface area contributed by atoms with Crippen LogP contribution in [0.15, 0.2) is 18.2 Å². The fourth-order valence-corrected chi connectivity index (χ4v) is 3.89. The summed E-state index contributed by atoms with van der Waals surface area (Å²) < 4.78 is 0. The zero-order chi connectivity index (χ0) is 16.8. The van der Waals surface area contributed by atoms with Crippen LogP contribution >= 0.6 is 0 Å². The van der Waals surface area contributed by atoms with Gasteiger partial charge in [0.05, 0.1) is 0 Å². The van der Waals surface area contributed by atoms with Crippen molar-refractivity contribution in [3.8, 4) is 0 Å². The average molecular weight is 324 g/mol. The van der Waals surface area contributed by atoms with Crippen molar-refractivity contribution in [2.75, 3.05) is 24.3 Å². The predicted molar refractivity (Wildman–Crippen MR) is 95.8 cm³/mol. The summed E-state index contributed by atoms with van der Waals surface area (Å²) in [6.07, 6.45) is 4.21. The van der Waals surface area contributed by atoms with Crippen molar-refractivity contribution in [2.24, 2.45) is 0 Å². The van der Waals surface area contributed by atoms with Crippen molar-refractivity contribution in [3.63, 3.8) is 0 Å². The molecule has 5 heteroatoms. The van der Waals surface area contributed by atoms with Crippen molar-refractivity contribution in [3.05, 3.63) is 40.6 Å². The second-order valence-electron chi connectivity index (χ2n) is 7.27. The number of nitrogens with zero attached hydrogens (tertiary/aromatic N) is 2. The zero-order valence-corrected chi connectivity index (χ0v) is 14.5. The maximum absolute atomic E-state index is 12.2. The van der Waals surface area contributed by atoms with Crippen LogP contribution in [-0.2, 0) is 4.79 Å². The number of fused-ring (bicyclic) bond motifs is 1. The molecule has 1 saturated carbocycles. The van der Waals surface area contributed by atoms with E-state index in [0.29, 0.717) is 12.3 Å². The Kier molecular flexibility index (Phi) is 3.59. The zero-order valence-electron chi connectivity index (χ0n) is 14.5. The molecule has 1 amide bonds. The largest absolute Gasteiger partial charge is 0.378 e. The Hall–Kier alpha value is -2.30. The predicted octanol–water partition coefficient (Wildman–Crippen LogP) is 3.53. The fraction of sp³-hybridized carbons (Fsp3) is 0.474. The molecule has 5 nitrogen and oxygen atoms in total. The molecule has 2 aliphatic rings. The van der Waals surface area contributed by atoms with Gasteiger partial charge in [0.25, 0.3) is 0 Å². The van der Waals surface area contributed by atoms with Gasteiger partial charge in [0.15, 0.2) is 5.82 Å². The quantitative estimate of drug-likeness (QED) is 0.908. The minimum absolute atomic E-state index is 0.0512. The number of nitrogens with one attached hydrogen (secondary N) is 2. The topological polar surface area (TPSA) is 61.0 Å². The van der Waals surface area contributed by atoms with Gasteiger partial charge >= 0.3 is 0 Å². The van der Waals surface area contributed by atoms with Gasteiger partial charge in [0.2, 0.25) is 5.91 Å². The first-order chi connectivity index (χ1) is 11.5. The third kappa shape index (κ3) is 2.39. The fourth-order valence-electron chi connectivity index (χ4n) is 3.89. The van der Waals surface area contributed by atoms with E-state index >= 15 is 0 Å². The smallest absolute Gasteiger partial charge is 0.226 e. The summed E-state index contributed by atoms with van der Waals surface area (Å²) in [6.45, 7) is 2.14. The lowest BCUT2D eigenvalue weighted by Crippen LogP contribution is -2.25. The van der Waals surface area contributed by atoms with Crippen LogP contribution < -0.4 is 10.2 Å². The van der Waals surface area contributed by atoms with E-state index in [0.717, 1.165) is 5.82 Å². The number of benzene rings is 1. The van der Waals surface area contributed by atoms with Crippen LogP contribution in [0.25, 0.3) is 0 Å². The van der Waals surface area contributed by atoms with Crippen LogP contribution in [0.1, 0.15) is 59.9 Å². The molecule has 0 saturated heterocycles. The highest BCUT2D eigenvalue weighted by Crippen LogP contribution is 2.46. The SMILES string of the molecule is Cc1cc(N(C)C)ccc1C1CC(=O)Nc2n[nH]c(C3CCC3)c21. The monoisotopic (exact) mass is 324 g/mol. The molecule has 1 unspecified atom stereocenters. The first kappa shape index (κ1) is 15.2. The van der Waals surface area contributed by atoms with E-state index in [-0.39, 0.29) is 11.8 Å². The van der Waals surface area contributed by atoms with E-state index in [4.69, 9.17) is 0 Å². The molecular weight excluding hydrogens is 300 g/mol. The summed E-state index contributed by atoms with van der Waals surface area (Å²) in [6, 6.07) is 6.51. The van der Waals surface area contributed by atoms with Gasteiger partial charge in [-0.3, -0.25) is 9.89 Å². The van der Waals surface area contributed by atoms with Gasteiger partial charge in [-0.05, 0) is 43.0 Å². The molecule has 0 radical (unpaired) electrons. The van der Waals surface area contributed by atoms with E-state index < -0.39 is 0 Å². The number of carbonyl (C=O) groups is 1. The van der Waals surface area contributed by atoms with Gasteiger partial charge in [-0.25, -0.2) is 0 Å². The van der Waals surface area contributed by atoms with E-state index in [1.54, 1.807) is 0 Å². The summed E-state index contributed by atoms with van der Waals surface area (Å²) in [5, 5.41) is 10.6. The Balaban J connectivity index is 1.79. The molecule has 4 rings (SSSR count). The molecule has 2 N–H and O–H groups in total. The third-order valence-electron chi connectivity index (χ3n) is 5.49. The number of anilines is 2. The van der Waals surface area contributed by atoms with Gasteiger partial charge < -0.3 is 10.2 Å². The van der Waals surface area contributed by atoms with E-state index in [1.165, 1.54) is 47.3 Å². The molecular formula is C19H24N4O. The highest BCUT2D eigenvalue weighted by molar-refractivity contribution is 5.94. The molecule has 24 heavy (non-hydrogen) atoms. The van der Waals surface area contributed by atoms with Gasteiger partial charge in [-0.15, -0.1) is 0 Å². The number of amides is 1. The van der Waals surface area contributed by atoms with Crippen LogP contribution in [0.3, 0.4) is 0 Å². The lowest BCUT2D eigenvalue weighted by atomic mass is 9.76. The Labute approximate surface area is 142 Å². The molecule has 2 heterocycles. The Morgan fingerprint density at radius 2 is 2.04 bits per heavy atom. The van der Waals surface area contributed by atoms with Gasteiger partial charge in [0.1, 0.15) is 0 Å². The molecule has 126 valence electrons. The molecule has 1 atom stereocenters. The molecule has 0 spiro atoms. The summed E-state index contributed by atoms with van der Waals surface area (Å²) in [5.41, 5.74) is 6.09. The Morgan fingerprint density at radius 3 is 2.67 bits per heavy atom. The maximum atomic E-state index is 12.2. The molecule has 2 aromatic rings. The maximum Gasteiger partial charge on any atom is 0.226 e. The highest BCUT2D eigenvalue weighted by atomic mass is 16.1. The molecule has 1 aromatic carbocycles. The molecule has 0 bridgehead atoms. The Morgan fingerprint density at radius 1 is 1.25 bits per heavy atom. The average Bonchev–Trinajstić information content (AvgIpc) is 2.88. The minimum atomic E-state index is 0.0512. The molecule has 1 aliphatic carbocycles. The summed E-state index contributed by atoms with van der Waals surface area (Å²) in [4.78, 5) is 14.3. The van der Waals surface area contributed by atoms with Crippen molar-refractivity contribution in [1.29, 1.82) is 0 Å². The second-order valence-corrected chi connectivity index (χ2v) is 7.27. The Bertz CT molecular complexity index is 789. The van der Waals surface area contributed by atoms with Crippen molar-refractivity contribution in [2.45, 2.75) is 44.4 Å². The summed E-state index contributed by atoms with van der Waals surface area (Å²) in [7, 11) is 4.09. The minimum Gasteiger partial charge on any atom is -0.378 e. The number of hydrogen-bond acceptors (Lipinski definition) is 3. The van der Waals surface area contributed by atoms with Crippen molar-refractivity contribution in [1.82, 2.24) is 10.2 Å². The van der Waals surface area contributed by atoms with E-state index in [2.05, 4.69) is 45.5 Å². The number of rotatable bonds is 3. The first-order valence-electron chi connectivity index (χ1n) is 8.70. The summed E-state index contributed by atoms with van der Waals surface area (Å²) >= 11 is 0. The van der Waals surface area contributed by atoms with Crippen molar-refractivity contribution < 1.29 is 4.79 Å². The number of hydrogen-bond donors (Lipinski definition) is 2. The summed E-state index contributed by atoms with van der Waals surface area (Å²) in [5.74, 6) is 1.45. The first-order valence-corrected chi connectivity index (χ1v) is 8.70. The number of aryl methyl sites for hydroxylation is 1. The standard InChI is InChI=1S/C19H24N4O/c1-11-9-13(23(2)3)7-8-14(11)15-10-16(24)20-19-17(15)18(21-22-19)12-5-4-6-12/h7-9,12,15H,4-6,10H2,1-3H3,(H2,20,21,22,24). The number of aromatic nitrogens is 2. The lowest BCUT2D eigenvalue weighted by Gasteiger charge is -2.30. The van der Waals surface area contributed by atoms with Crippen molar-refractivity contribution >= 4 is 17.4 Å². The third-order valence-corrected chi connectivity index (χ3v) is 5.49. The van der Waals surface area contributed by atoms with E-state index in [9.17, 15) is 4.79 Å². The van der Waals surface area contributed by atoms with Gasteiger partial charge in [-0.2, -0.15) is 5.10 Å². The second kappa shape index (κ2) is 5.65. The molecule has 1 aliphatic heterocycles. The van der Waals surface area contributed by atoms with Crippen LogP contribution in [-0.4, -0.2) is 30.2 Å². The molecule has 1 fully saturated rings. The normalized spacial score (nSPS) is 20.3. The number of aromatic amines is 1. The van der Waals surface area contributed by atoms with Gasteiger partial charge in [0, 0.05) is 49.3 Å². The molecule has 1 aromatic heterocycles. The highest BCUT2D eigenvalue weighted by Gasteiger charge is 2.35. The van der Waals surface area contributed by atoms with Gasteiger partial charge in [-0.1, -0.05) is 12.5 Å². The lowest BCUT2D eigenvalue weighted by molar-refractivity contribution is -0.116. The van der Waals surface area contributed by atoms with Crippen LogP contribution in [0, 0.1) is 6.92 Å². The number of carbonyl (C=O) groups excluding carboxylic acids is 1. The van der Waals surface area contributed by atoms with E-state index in [1.807, 2.05) is 14.1 Å². The van der Waals surface area contributed by atoms with Crippen LogP contribution in [0.4, 0.5) is 11.5 Å². The van der Waals surface area contributed by atoms with Crippen LogP contribution in [0.5, 0.6) is 0 Å².